The van der Waals surface area contributed by atoms with Crippen LogP contribution in [0, 0.1) is 0 Å². The summed E-state index contributed by atoms with van der Waals surface area (Å²) in [6.45, 7) is 3.50. The molecule has 0 aliphatic carbocycles. The van der Waals surface area contributed by atoms with Crippen LogP contribution in [0.15, 0.2) is 30.3 Å². The van der Waals surface area contributed by atoms with Gasteiger partial charge in [-0.15, -0.1) is 10.2 Å². The van der Waals surface area contributed by atoms with Crippen molar-refractivity contribution in [2.45, 2.75) is 19.6 Å². The fraction of sp³-hybridized carbons (Fsp3) is 0.385. The molecule has 0 amide bonds. The van der Waals surface area contributed by atoms with E-state index >= 15 is 0 Å². The van der Waals surface area contributed by atoms with Crippen LogP contribution >= 0.6 is 11.3 Å². The molecule has 18 heavy (non-hydrogen) atoms. The van der Waals surface area contributed by atoms with Gasteiger partial charge in [0.2, 0.25) is 0 Å². The topological polar surface area (TPSA) is 47.0 Å². The highest BCUT2D eigenvalue weighted by atomic mass is 32.1. The van der Waals surface area contributed by atoms with Crippen molar-refractivity contribution in [3.05, 3.63) is 45.9 Å². The number of benzene rings is 1. The molecule has 0 saturated heterocycles. The van der Waals surface area contributed by atoms with E-state index in [9.17, 15) is 0 Å². The molecule has 1 aromatic heterocycles. The van der Waals surface area contributed by atoms with E-state index < -0.39 is 0 Å². The Morgan fingerprint density at radius 1 is 1.28 bits per heavy atom. The van der Waals surface area contributed by atoms with Crippen LogP contribution in [0.1, 0.15) is 28.5 Å². The lowest BCUT2D eigenvalue weighted by molar-refractivity contribution is 0.184. The Labute approximate surface area is 111 Å². The third kappa shape index (κ3) is 3.13. The molecule has 0 aliphatic rings. The predicted octanol–water partition coefficient (Wildman–Crippen LogP) is 2.38. The van der Waals surface area contributed by atoms with Crippen LogP contribution in [0.4, 0.5) is 0 Å². The number of ether oxygens (including phenoxy) is 1. The van der Waals surface area contributed by atoms with Crippen molar-refractivity contribution < 1.29 is 4.74 Å². The molecule has 1 heterocycles. The van der Waals surface area contributed by atoms with E-state index in [1.807, 2.05) is 18.2 Å². The number of hydrogen-bond acceptors (Lipinski definition) is 5. The number of methoxy groups -OCH3 is 1. The zero-order valence-electron chi connectivity index (χ0n) is 10.6. The average molecular weight is 263 g/mol. The molecule has 0 saturated carbocycles. The van der Waals surface area contributed by atoms with Gasteiger partial charge in [-0.2, -0.15) is 0 Å². The van der Waals surface area contributed by atoms with Crippen LogP contribution in [-0.4, -0.2) is 23.9 Å². The van der Waals surface area contributed by atoms with Gasteiger partial charge in [0, 0.05) is 7.11 Å². The first-order chi connectivity index (χ1) is 8.85. The van der Waals surface area contributed by atoms with Crippen molar-refractivity contribution in [3.8, 4) is 0 Å². The maximum absolute atomic E-state index is 5.07. The fourth-order valence-electron chi connectivity index (χ4n) is 1.76. The van der Waals surface area contributed by atoms with Crippen molar-refractivity contribution >= 4 is 11.3 Å². The van der Waals surface area contributed by atoms with Crippen molar-refractivity contribution in [3.63, 3.8) is 0 Å². The van der Waals surface area contributed by atoms with Gasteiger partial charge in [0.25, 0.3) is 0 Å². The zero-order valence-corrected chi connectivity index (χ0v) is 11.4. The highest BCUT2D eigenvalue weighted by Crippen LogP contribution is 2.24. The van der Waals surface area contributed by atoms with Crippen LogP contribution in [-0.2, 0) is 11.3 Å². The maximum atomic E-state index is 5.07. The lowest BCUT2D eigenvalue weighted by Crippen LogP contribution is -2.21. The molecule has 0 spiro atoms. The van der Waals surface area contributed by atoms with Crippen LogP contribution in [0.25, 0.3) is 0 Å². The second-order valence-electron chi connectivity index (χ2n) is 3.87. The normalized spacial score (nSPS) is 12.6. The second-order valence-corrected chi connectivity index (χ2v) is 4.96. The van der Waals surface area contributed by atoms with Gasteiger partial charge < -0.3 is 10.1 Å². The molecule has 1 atom stereocenters. The van der Waals surface area contributed by atoms with Crippen LogP contribution in [0.5, 0.6) is 0 Å². The summed E-state index contributed by atoms with van der Waals surface area (Å²) in [6.07, 6.45) is 0. The second kappa shape index (κ2) is 6.58. The summed E-state index contributed by atoms with van der Waals surface area (Å²) >= 11 is 1.59. The van der Waals surface area contributed by atoms with Crippen molar-refractivity contribution in [2.75, 3.05) is 13.7 Å². The van der Waals surface area contributed by atoms with Gasteiger partial charge in [0.05, 0.1) is 12.6 Å². The van der Waals surface area contributed by atoms with E-state index in [2.05, 4.69) is 34.6 Å². The van der Waals surface area contributed by atoms with Crippen LogP contribution < -0.4 is 5.32 Å². The molecule has 5 heteroatoms. The van der Waals surface area contributed by atoms with Gasteiger partial charge in [0.15, 0.2) is 0 Å². The maximum Gasteiger partial charge on any atom is 0.143 e. The first-order valence-electron chi connectivity index (χ1n) is 5.94. The molecule has 0 bridgehead atoms. The lowest BCUT2D eigenvalue weighted by atomic mass is 10.1. The summed E-state index contributed by atoms with van der Waals surface area (Å²) in [5.74, 6) is 0. The van der Waals surface area contributed by atoms with Gasteiger partial charge in [0.1, 0.15) is 10.0 Å². The third-order valence-corrected chi connectivity index (χ3v) is 3.50. The van der Waals surface area contributed by atoms with E-state index in [1.54, 1.807) is 18.4 Å². The first kappa shape index (κ1) is 13.1. The van der Waals surface area contributed by atoms with Crippen LogP contribution in [0.3, 0.4) is 0 Å². The van der Waals surface area contributed by atoms with Gasteiger partial charge in [-0.3, -0.25) is 0 Å². The molecule has 2 aromatic rings. The molecule has 0 aliphatic heterocycles. The van der Waals surface area contributed by atoms with E-state index in [0.717, 1.165) is 16.6 Å². The summed E-state index contributed by atoms with van der Waals surface area (Å²) in [7, 11) is 1.67. The summed E-state index contributed by atoms with van der Waals surface area (Å²) in [6, 6.07) is 10.4. The Bertz CT molecular complexity index is 472. The van der Waals surface area contributed by atoms with E-state index in [1.165, 1.54) is 5.56 Å². The summed E-state index contributed by atoms with van der Waals surface area (Å²) in [5, 5.41) is 13.7. The molecule has 2 rings (SSSR count). The predicted molar refractivity (Wildman–Crippen MR) is 72.6 cm³/mol. The van der Waals surface area contributed by atoms with Gasteiger partial charge >= 0.3 is 0 Å². The molecule has 96 valence electrons. The molecule has 1 N–H and O–H groups in total. The monoisotopic (exact) mass is 263 g/mol. The van der Waals surface area contributed by atoms with Gasteiger partial charge in [-0.1, -0.05) is 48.6 Å². The molecular formula is C13H17N3OS. The number of nitrogens with one attached hydrogen (secondary N) is 1. The quantitative estimate of drug-likeness (QED) is 0.869. The smallest absolute Gasteiger partial charge is 0.143 e. The Hall–Kier alpha value is -1.30. The minimum atomic E-state index is 0.110. The summed E-state index contributed by atoms with van der Waals surface area (Å²) < 4.78 is 5.07. The largest absolute Gasteiger partial charge is 0.377 e. The molecule has 4 nitrogen and oxygen atoms in total. The molecule has 1 unspecified atom stereocenters. The standard InChI is InChI=1S/C13H17N3OS/c1-3-14-12(10-7-5-4-6-8-10)13-16-15-11(18-13)9-17-2/h4-8,12,14H,3,9H2,1-2H3. The lowest BCUT2D eigenvalue weighted by Gasteiger charge is -2.14. The number of hydrogen-bond donors (Lipinski definition) is 1. The number of rotatable bonds is 6. The molecule has 1 aromatic carbocycles. The fourth-order valence-corrected chi connectivity index (χ4v) is 2.68. The van der Waals surface area contributed by atoms with E-state index in [4.69, 9.17) is 4.74 Å². The molecule has 0 fully saturated rings. The Kier molecular flexibility index (Phi) is 4.81. The third-order valence-electron chi connectivity index (χ3n) is 2.54. The Morgan fingerprint density at radius 3 is 2.72 bits per heavy atom. The molecule has 0 radical (unpaired) electrons. The van der Waals surface area contributed by atoms with Crippen molar-refractivity contribution in [1.82, 2.24) is 15.5 Å². The van der Waals surface area contributed by atoms with Gasteiger partial charge in [-0.25, -0.2) is 0 Å². The van der Waals surface area contributed by atoms with E-state index in [-0.39, 0.29) is 6.04 Å². The summed E-state index contributed by atoms with van der Waals surface area (Å²) in [4.78, 5) is 0. The van der Waals surface area contributed by atoms with Crippen LogP contribution in [0.2, 0.25) is 0 Å². The Morgan fingerprint density at radius 2 is 2.06 bits per heavy atom. The average Bonchev–Trinajstić information content (AvgIpc) is 2.86. The van der Waals surface area contributed by atoms with Gasteiger partial charge in [-0.05, 0) is 12.1 Å². The highest BCUT2D eigenvalue weighted by molar-refractivity contribution is 7.11. The number of aromatic nitrogens is 2. The minimum Gasteiger partial charge on any atom is -0.377 e. The zero-order chi connectivity index (χ0) is 12.8. The Balaban J connectivity index is 2.23. The molecular weight excluding hydrogens is 246 g/mol. The summed E-state index contributed by atoms with van der Waals surface area (Å²) in [5.41, 5.74) is 1.21. The highest BCUT2D eigenvalue weighted by Gasteiger charge is 2.17. The first-order valence-corrected chi connectivity index (χ1v) is 6.76. The minimum absolute atomic E-state index is 0.110. The van der Waals surface area contributed by atoms with Crippen molar-refractivity contribution in [1.29, 1.82) is 0 Å². The van der Waals surface area contributed by atoms with Crippen molar-refractivity contribution in [2.24, 2.45) is 0 Å². The SMILES string of the molecule is CCNC(c1ccccc1)c1nnc(COC)s1. The van der Waals surface area contributed by atoms with E-state index in [0.29, 0.717) is 6.61 Å². The number of nitrogens with zero attached hydrogens (tertiary/aromatic N) is 2.